The van der Waals surface area contributed by atoms with Crippen LogP contribution in [0, 0.1) is 0 Å². The lowest BCUT2D eigenvalue weighted by atomic mass is 10.2. The van der Waals surface area contributed by atoms with Crippen LogP contribution in [-0.2, 0) is 11.2 Å². The zero-order chi connectivity index (χ0) is 16.5. The van der Waals surface area contributed by atoms with Gasteiger partial charge in [-0.2, -0.15) is 0 Å². The molecule has 0 aliphatic carbocycles. The molecule has 122 valence electrons. The summed E-state index contributed by atoms with van der Waals surface area (Å²) < 4.78 is 11.0. The SMILES string of the molecule is CCc1cccc(OCCNC(=O)COc2ccc(Cl)cc2)c1. The molecule has 0 spiro atoms. The minimum Gasteiger partial charge on any atom is -0.492 e. The van der Waals surface area contributed by atoms with Gasteiger partial charge in [0.15, 0.2) is 6.61 Å². The van der Waals surface area contributed by atoms with Crippen LogP contribution in [-0.4, -0.2) is 25.7 Å². The number of halogens is 1. The third-order valence-electron chi connectivity index (χ3n) is 3.18. The molecule has 2 rings (SSSR count). The number of nitrogens with one attached hydrogen (secondary N) is 1. The van der Waals surface area contributed by atoms with Crippen molar-refractivity contribution in [2.24, 2.45) is 0 Å². The number of hydrogen-bond acceptors (Lipinski definition) is 3. The molecule has 5 heteroatoms. The highest BCUT2D eigenvalue weighted by molar-refractivity contribution is 6.30. The predicted octanol–water partition coefficient (Wildman–Crippen LogP) is 3.48. The maximum atomic E-state index is 11.7. The highest BCUT2D eigenvalue weighted by atomic mass is 35.5. The van der Waals surface area contributed by atoms with Crippen molar-refractivity contribution in [2.45, 2.75) is 13.3 Å². The van der Waals surface area contributed by atoms with Crippen LogP contribution in [0.2, 0.25) is 5.02 Å². The molecule has 0 fully saturated rings. The van der Waals surface area contributed by atoms with Gasteiger partial charge in [-0.1, -0.05) is 30.7 Å². The number of ether oxygens (including phenoxy) is 2. The topological polar surface area (TPSA) is 47.6 Å². The second-order valence-electron chi connectivity index (χ2n) is 4.94. The van der Waals surface area contributed by atoms with Crippen LogP contribution in [0.3, 0.4) is 0 Å². The van der Waals surface area contributed by atoms with E-state index in [4.69, 9.17) is 21.1 Å². The second kappa shape index (κ2) is 9.06. The summed E-state index contributed by atoms with van der Waals surface area (Å²) in [6, 6.07) is 14.8. The smallest absolute Gasteiger partial charge is 0.258 e. The van der Waals surface area contributed by atoms with E-state index in [0.717, 1.165) is 12.2 Å². The van der Waals surface area contributed by atoms with Crippen LogP contribution in [0.15, 0.2) is 48.5 Å². The van der Waals surface area contributed by atoms with Crippen molar-refractivity contribution in [1.82, 2.24) is 5.32 Å². The highest BCUT2D eigenvalue weighted by Gasteiger charge is 2.03. The Hall–Kier alpha value is -2.20. The Balaban J connectivity index is 1.63. The van der Waals surface area contributed by atoms with Crippen molar-refractivity contribution in [1.29, 1.82) is 0 Å². The minimum absolute atomic E-state index is 0.0348. The standard InChI is InChI=1S/C18H20ClNO3/c1-2-14-4-3-5-17(12-14)22-11-10-20-18(21)13-23-16-8-6-15(19)7-9-16/h3-9,12H,2,10-11,13H2,1H3,(H,20,21). The summed E-state index contributed by atoms with van der Waals surface area (Å²) >= 11 is 5.78. The van der Waals surface area contributed by atoms with E-state index in [2.05, 4.69) is 18.3 Å². The largest absolute Gasteiger partial charge is 0.492 e. The first-order chi connectivity index (χ1) is 11.2. The fraction of sp³-hybridized carbons (Fsp3) is 0.278. The zero-order valence-electron chi connectivity index (χ0n) is 13.0. The summed E-state index contributed by atoms with van der Waals surface area (Å²) in [5.74, 6) is 1.24. The lowest BCUT2D eigenvalue weighted by Crippen LogP contribution is -2.32. The third kappa shape index (κ3) is 6.20. The van der Waals surface area contributed by atoms with Gasteiger partial charge in [-0.05, 0) is 48.4 Å². The van der Waals surface area contributed by atoms with Crippen molar-refractivity contribution < 1.29 is 14.3 Å². The Labute approximate surface area is 141 Å². The van der Waals surface area contributed by atoms with E-state index >= 15 is 0 Å². The summed E-state index contributed by atoms with van der Waals surface area (Å²) in [5, 5.41) is 3.38. The molecule has 1 amide bonds. The van der Waals surface area contributed by atoms with Gasteiger partial charge in [-0.3, -0.25) is 4.79 Å². The van der Waals surface area contributed by atoms with E-state index in [0.29, 0.717) is 23.9 Å². The molecule has 0 unspecified atom stereocenters. The fourth-order valence-electron chi connectivity index (χ4n) is 1.95. The van der Waals surface area contributed by atoms with Crippen LogP contribution in [0.25, 0.3) is 0 Å². The molecule has 2 aromatic carbocycles. The minimum atomic E-state index is -0.189. The average Bonchev–Trinajstić information content (AvgIpc) is 2.58. The summed E-state index contributed by atoms with van der Waals surface area (Å²) in [6.45, 7) is 2.91. The molecular formula is C18H20ClNO3. The summed E-state index contributed by atoms with van der Waals surface area (Å²) in [7, 11) is 0. The van der Waals surface area contributed by atoms with Crippen molar-refractivity contribution in [2.75, 3.05) is 19.8 Å². The second-order valence-corrected chi connectivity index (χ2v) is 5.38. The first-order valence-corrected chi connectivity index (χ1v) is 7.92. The van der Waals surface area contributed by atoms with E-state index < -0.39 is 0 Å². The molecule has 0 bridgehead atoms. The first-order valence-electron chi connectivity index (χ1n) is 7.54. The van der Waals surface area contributed by atoms with Crippen LogP contribution < -0.4 is 14.8 Å². The predicted molar refractivity (Wildman–Crippen MR) is 91.3 cm³/mol. The van der Waals surface area contributed by atoms with Crippen molar-refractivity contribution in [3.05, 3.63) is 59.1 Å². The van der Waals surface area contributed by atoms with Crippen molar-refractivity contribution in [3.63, 3.8) is 0 Å². The number of hydrogen-bond donors (Lipinski definition) is 1. The molecule has 0 radical (unpaired) electrons. The number of carbonyl (C=O) groups excluding carboxylic acids is 1. The van der Waals surface area contributed by atoms with Gasteiger partial charge in [-0.15, -0.1) is 0 Å². The number of amides is 1. The fourth-order valence-corrected chi connectivity index (χ4v) is 2.07. The lowest BCUT2D eigenvalue weighted by Gasteiger charge is -2.09. The van der Waals surface area contributed by atoms with Crippen molar-refractivity contribution >= 4 is 17.5 Å². The normalized spacial score (nSPS) is 10.2. The molecule has 0 aliphatic heterocycles. The third-order valence-corrected chi connectivity index (χ3v) is 3.44. The summed E-state index contributed by atoms with van der Waals surface area (Å²) in [4.78, 5) is 11.7. The first kappa shape index (κ1) is 17.2. The maximum absolute atomic E-state index is 11.7. The Morgan fingerprint density at radius 3 is 2.61 bits per heavy atom. The molecule has 4 nitrogen and oxygen atoms in total. The number of carbonyl (C=O) groups is 1. The molecule has 0 saturated carbocycles. The quantitative estimate of drug-likeness (QED) is 0.752. The molecule has 0 aromatic heterocycles. The van der Waals surface area contributed by atoms with E-state index in [-0.39, 0.29) is 12.5 Å². The Kier molecular flexibility index (Phi) is 6.76. The Bertz CT molecular complexity index is 628. The monoisotopic (exact) mass is 333 g/mol. The highest BCUT2D eigenvalue weighted by Crippen LogP contribution is 2.15. The van der Waals surface area contributed by atoms with E-state index in [9.17, 15) is 4.79 Å². The Morgan fingerprint density at radius 2 is 1.87 bits per heavy atom. The molecule has 0 saturated heterocycles. The summed E-state index contributed by atoms with van der Waals surface area (Å²) in [5.41, 5.74) is 1.22. The van der Waals surface area contributed by atoms with Gasteiger partial charge >= 0.3 is 0 Å². The molecule has 2 aromatic rings. The van der Waals surface area contributed by atoms with Gasteiger partial charge < -0.3 is 14.8 Å². The van der Waals surface area contributed by atoms with Gasteiger partial charge in [0.2, 0.25) is 0 Å². The van der Waals surface area contributed by atoms with Crippen LogP contribution >= 0.6 is 11.6 Å². The van der Waals surface area contributed by atoms with Gasteiger partial charge in [0, 0.05) is 5.02 Å². The molecule has 0 atom stereocenters. The van der Waals surface area contributed by atoms with E-state index in [1.54, 1.807) is 24.3 Å². The van der Waals surface area contributed by atoms with Gasteiger partial charge in [0.25, 0.3) is 5.91 Å². The zero-order valence-corrected chi connectivity index (χ0v) is 13.8. The van der Waals surface area contributed by atoms with Crippen LogP contribution in [0.4, 0.5) is 0 Å². The number of aryl methyl sites for hydroxylation is 1. The van der Waals surface area contributed by atoms with Gasteiger partial charge in [0.1, 0.15) is 18.1 Å². The molecular weight excluding hydrogens is 314 g/mol. The Morgan fingerprint density at radius 1 is 1.09 bits per heavy atom. The van der Waals surface area contributed by atoms with Crippen molar-refractivity contribution in [3.8, 4) is 11.5 Å². The number of rotatable bonds is 8. The van der Waals surface area contributed by atoms with Crippen LogP contribution in [0.5, 0.6) is 11.5 Å². The summed E-state index contributed by atoms with van der Waals surface area (Å²) in [6.07, 6.45) is 0.968. The lowest BCUT2D eigenvalue weighted by molar-refractivity contribution is -0.123. The average molecular weight is 334 g/mol. The number of benzene rings is 2. The van der Waals surface area contributed by atoms with E-state index in [1.807, 2.05) is 18.2 Å². The van der Waals surface area contributed by atoms with Gasteiger partial charge in [0.05, 0.1) is 6.54 Å². The molecule has 0 heterocycles. The van der Waals surface area contributed by atoms with E-state index in [1.165, 1.54) is 5.56 Å². The van der Waals surface area contributed by atoms with Gasteiger partial charge in [-0.25, -0.2) is 0 Å². The molecule has 0 aliphatic rings. The molecule has 23 heavy (non-hydrogen) atoms. The maximum Gasteiger partial charge on any atom is 0.258 e. The van der Waals surface area contributed by atoms with Crippen LogP contribution in [0.1, 0.15) is 12.5 Å². The molecule has 1 N–H and O–H groups in total.